The molecule has 1 aliphatic rings. The predicted octanol–water partition coefficient (Wildman–Crippen LogP) is 4.22. The summed E-state index contributed by atoms with van der Waals surface area (Å²) in [5, 5.41) is 3.45. The first-order chi connectivity index (χ1) is 12.9. The molecule has 3 rings (SSSR count). The molecule has 0 spiro atoms. The average Bonchev–Trinajstić information content (AvgIpc) is 2.62. The second kappa shape index (κ2) is 8.08. The second-order valence-corrected chi connectivity index (χ2v) is 6.79. The Morgan fingerprint density at radius 2 is 1.85 bits per heavy atom. The zero-order chi connectivity index (χ0) is 19.6. The first-order valence-corrected chi connectivity index (χ1v) is 9.16. The van der Waals surface area contributed by atoms with Crippen molar-refractivity contribution >= 4 is 64.1 Å². The van der Waals surface area contributed by atoms with E-state index in [-0.39, 0.29) is 10.7 Å². The number of benzene rings is 2. The van der Waals surface area contributed by atoms with Crippen molar-refractivity contribution in [1.29, 1.82) is 0 Å². The largest absolute Gasteiger partial charge is 0.492 e. The van der Waals surface area contributed by atoms with E-state index in [9.17, 15) is 9.59 Å². The van der Waals surface area contributed by atoms with Crippen molar-refractivity contribution in [2.45, 2.75) is 6.92 Å². The number of rotatable bonds is 4. The fourth-order valence-electron chi connectivity index (χ4n) is 2.53. The third-order valence-electron chi connectivity index (χ3n) is 3.75. The third-order valence-corrected chi connectivity index (χ3v) is 4.59. The minimum absolute atomic E-state index is 0.00852. The molecule has 0 unspecified atom stereocenters. The Balaban J connectivity index is 1.96. The first kappa shape index (κ1) is 19.4. The summed E-state index contributed by atoms with van der Waals surface area (Å²) in [4.78, 5) is 26.5. The number of anilines is 1. The number of nitrogens with one attached hydrogen (secondary N) is 1. The van der Waals surface area contributed by atoms with Gasteiger partial charge in [0.05, 0.1) is 17.3 Å². The van der Waals surface area contributed by atoms with Crippen molar-refractivity contribution in [2.75, 3.05) is 11.5 Å². The average molecular weight is 421 g/mol. The van der Waals surface area contributed by atoms with Gasteiger partial charge in [-0.15, -0.1) is 0 Å². The molecule has 27 heavy (non-hydrogen) atoms. The first-order valence-electron chi connectivity index (χ1n) is 8.00. The number of amides is 2. The number of hydrogen-bond acceptors (Lipinski definition) is 4. The molecule has 2 aromatic rings. The summed E-state index contributed by atoms with van der Waals surface area (Å²) in [5.74, 6) is -0.569. The lowest BCUT2D eigenvalue weighted by Crippen LogP contribution is -2.54. The molecule has 1 heterocycles. The van der Waals surface area contributed by atoms with E-state index in [1.165, 1.54) is 11.0 Å². The minimum atomic E-state index is -0.569. The van der Waals surface area contributed by atoms with Gasteiger partial charge in [0, 0.05) is 5.02 Å². The van der Waals surface area contributed by atoms with E-state index in [0.29, 0.717) is 33.7 Å². The lowest BCUT2D eigenvalue weighted by Gasteiger charge is -2.29. The topological polar surface area (TPSA) is 58.6 Å². The molecule has 1 aliphatic heterocycles. The number of ether oxygens (including phenoxy) is 1. The molecular formula is C19H14Cl2N2O3S. The van der Waals surface area contributed by atoms with Crippen LogP contribution < -0.4 is 15.0 Å². The fourth-order valence-corrected chi connectivity index (χ4v) is 3.18. The summed E-state index contributed by atoms with van der Waals surface area (Å²) in [7, 11) is 0. The number of nitrogens with zero attached hydrogens (tertiary/aromatic N) is 1. The molecule has 0 atom stereocenters. The van der Waals surface area contributed by atoms with Crippen molar-refractivity contribution in [3.63, 3.8) is 0 Å². The molecule has 1 saturated heterocycles. The fraction of sp³-hybridized carbons (Fsp3) is 0.105. The van der Waals surface area contributed by atoms with Crippen LogP contribution in [0.4, 0.5) is 5.69 Å². The van der Waals surface area contributed by atoms with Gasteiger partial charge < -0.3 is 4.74 Å². The third kappa shape index (κ3) is 4.13. The Kier molecular flexibility index (Phi) is 5.79. The summed E-state index contributed by atoms with van der Waals surface area (Å²) in [6, 6.07) is 11.6. The standard InChI is InChI=1S/C19H14Cl2N2O3S/c1-2-26-16-8-3-11(10-15(16)21)9-14-17(24)22-19(27)23(18(14)25)13-6-4-12(20)5-7-13/h3-10H,2H2,1H3,(H,22,24,27)/b14-9+. The van der Waals surface area contributed by atoms with E-state index >= 15 is 0 Å². The maximum atomic E-state index is 12.9. The van der Waals surface area contributed by atoms with Crippen LogP contribution in [-0.2, 0) is 9.59 Å². The molecule has 1 fully saturated rings. The van der Waals surface area contributed by atoms with Gasteiger partial charge in [0.15, 0.2) is 5.11 Å². The summed E-state index contributed by atoms with van der Waals surface area (Å²) < 4.78 is 5.39. The van der Waals surface area contributed by atoms with E-state index in [4.69, 9.17) is 40.2 Å². The Bertz CT molecular complexity index is 958. The van der Waals surface area contributed by atoms with E-state index in [0.717, 1.165) is 0 Å². The Hall–Kier alpha value is -2.41. The molecule has 5 nitrogen and oxygen atoms in total. The van der Waals surface area contributed by atoms with E-state index < -0.39 is 11.8 Å². The van der Waals surface area contributed by atoms with Gasteiger partial charge in [-0.3, -0.25) is 19.8 Å². The van der Waals surface area contributed by atoms with E-state index in [1.807, 2.05) is 6.92 Å². The van der Waals surface area contributed by atoms with Gasteiger partial charge in [-0.2, -0.15) is 0 Å². The molecule has 2 amide bonds. The van der Waals surface area contributed by atoms with Gasteiger partial charge in [-0.25, -0.2) is 0 Å². The number of carbonyl (C=O) groups is 2. The van der Waals surface area contributed by atoms with Crippen LogP contribution in [0, 0.1) is 0 Å². The number of carbonyl (C=O) groups excluding carboxylic acids is 2. The summed E-state index contributed by atoms with van der Waals surface area (Å²) in [5.41, 5.74) is 1.04. The van der Waals surface area contributed by atoms with Crippen LogP contribution in [0.3, 0.4) is 0 Å². The molecule has 138 valence electrons. The Morgan fingerprint density at radius 1 is 1.15 bits per heavy atom. The monoisotopic (exact) mass is 420 g/mol. The van der Waals surface area contributed by atoms with Crippen LogP contribution in [0.15, 0.2) is 48.0 Å². The quantitative estimate of drug-likeness (QED) is 0.456. The van der Waals surface area contributed by atoms with Crippen LogP contribution in [0.25, 0.3) is 6.08 Å². The van der Waals surface area contributed by atoms with Gasteiger partial charge in [-0.05, 0) is 67.2 Å². The SMILES string of the molecule is CCOc1ccc(/C=C2\C(=O)NC(=S)N(c3ccc(Cl)cc3)C2=O)cc1Cl. The van der Waals surface area contributed by atoms with E-state index in [2.05, 4.69) is 5.32 Å². The zero-order valence-electron chi connectivity index (χ0n) is 14.2. The van der Waals surface area contributed by atoms with Crippen LogP contribution in [0.2, 0.25) is 10.0 Å². The molecule has 0 aromatic heterocycles. The van der Waals surface area contributed by atoms with Crippen LogP contribution >= 0.6 is 35.4 Å². The molecule has 2 aromatic carbocycles. The van der Waals surface area contributed by atoms with Crippen LogP contribution in [0.1, 0.15) is 12.5 Å². The predicted molar refractivity (Wildman–Crippen MR) is 110 cm³/mol. The van der Waals surface area contributed by atoms with Crippen LogP contribution in [0.5, 0.6) is 5.75 Å². The highest BCUT2D eigenvalue weighted by Crippen LogP contribution is 2.28. The lowest BCUT2D eigenvalue weighted by atomic mass is 10.1. The number of thiocarbonyl (C=S) groups is 1. The van der Waals surface area contributed by atoms with Crippen molar-refractivity contribution in [3.8, 4) is 5.75 Å². The summed E-state index contributed by atoms with van der Waals surface area (Å²) in [6.07, 6.45) is 1.46. The Labute approximate surface area is 171 Å². The van der Waals surface area contributed by atoms with Gasteiger partial charge >= 0.3 is 0 Å². The summed E-state index contributed by atoms with van der Waals surface area (Å²) in [6.45, 7) is 2.33. The highest BCUT2D eigenvalue weighted by atomic mass is 35.5. The zero-order valence-corrected chi connectivity index (χ0v) is 16.5. The van der Waals surface area contributed by atoms with Gasteiger partial charge in [0.25, 0.3) is 11.8 Å². The highest BCUT2D eigenvalue weighted by Gasteiger charge is 2.34. The Morgan fingerprint density at radius 3 is 2.48 bits per heavy atom. The van der Waals surface area contributed by atoms with Crippen molar-refractivity contribution in [1.82, 2.24) is 5.32 Å². The molecule has 0 saturated carbocycles. The molecule has 1 N–H and O–H groups in total. The van der Waals surface area contributed by atoms with Crippen molar-refractivity contribution in [2.24, 2.45) is 0 Å². The molecule has 0 radical (unpaired) electrons. The smallest absolute Gasteiger partial charge is 0.270 e. The maximum absolute atomic E-state index is 12.9. The molecule has 0 bridgehead atoms. The summed E-state index contributed by atoms with van der Waals surface area (Å²) >= 11 is 17.2. The molecule has 8 heteroatoms. The van der Waals surface area contributed by atoms with Gasteiger partial charge in [0.2, 0.25) is 0 Å². The van der Waals surface area contributed by atoms with Gasteiger partial charge in [0.1, 0.15) is 11.3 Å². The van der Waals surface area contributed by atoms with Gasteiger partial charge in [-0.1, -0.05) is 29.3 Å². The lowest BCUT2D eigenvalue weighted by molar-refractivity contribution is -0.122. The highest BCUT2D eigenvalue weighted by molar-refractivity contribution is 7.80. The van der Waals surface area contributed by atoms with Crippen LogP contribution in [-0.4, -0.2) is 23.5 Å². The maximum Gasteiger partial charge on any atom is 0.270 e. The molecular weight excluding hydrogens is 407 g/mol. The number of hydrogen-bond donors (Lipinski definition) is 1. The van der Waals surface area contributed by atoms with E-state index in [1.54, 1.807) is 42.5 Å². The normalized spacial score (nSPS) is 15.9. The van der Waals surface area contributed by atoms with Crippen molar-refractivity contribution in [3.05, 3.63) is 63.6 Å². The minimum Gasteiger partial charge on any atom is -0.492 e. The second-order valence-electron chi connectivity index (χ2n) is 5.56. The number of halogens is 2. The molecule has 0 aliphatic carbocycles. The van der Waals surface area contributed by atoms with Crippen molar-refractivity contribution < 1.29 is 14.3 Å².